The van der Waals surface area contributed by atoms with E-state index in [-0.39, 0.29) is 18.0 Å². The summed E-state index contributed by atoms with van der Waals surface area (Å²) < 4.78 is 5.35. The van der Waals surface area contributed by atoms with Crippen LogP contribution < -0.4 is 0 Å². The molecule has 0 aliphatic carbocycles. The zero-order valence-electron chi connectivity index (χ0n) is 13.4. The number of nitrogens with one attached hydrogen (secondary N) is 1. The number of benzene rings is 1. The standard InChI is InChI=1S/C17H14N4O4/c1-10(22)12-4-2-11(3-5-12)8-13-6-7-25-15(13)9-14(23)16(24)17-18-20-21-19-17/h2-7H,8-9H2,1H3,(H,18,19,20,21). The average Bonchev–Trinajstić information content (AvgIpc) is 3.27. The third-order valence-electron chi connectivity index (χ3n) is 3.72. The SMILES string of the molecule is CC(=O)c1ccc(Cc2ccoc2CC(=O)C(=O)c2nn[nH]n2)cc1. The van der Waals surface area contributed by atoms with Crippen LogP contribution in [-0.2, 0) is 17.6 Å². The van der Waals surface area contributed by atoms with Crippen molar-refractivity contribution in [3.8, 4) is 0 Å². The smallest absolute Gasteiger partial charge is 0.269 e. The molecule has 0 atom stereocenters. The van der Waals surface area contributed by atoms with Crippen LogP contribution in [0.25, 0.3) is 0 Å². The van der Waals surface area contributed by atoms with Crippen LogP contribution in [0.15, 0.2) is 41.0 Å². The van der Waals surface area contributed by atoms with Crippen LogP contribution in [0.4, 0.5) is 0 Å². The van der Waals surface area contributed by atoms with Crippen molar-refractivity contribution in [3.63, 3.8) is 0 Å². The molecular weight excluding hydrogens is 324 g/mol. The molecule has 0 amide bonds. The lowest BCUT2D eigenvalue weighted by Crippen LogP contribution is -2.18. The second-order valence-electron chi connectivity index (χ2n) is 5.46. The van der Waals surface area contributed by atoms with Crippen molar-refractivity contribution in [2.75, 3.05) is 0 Å². The van der Waals surface area contributed by atoms with Crippen LogP contribution in [0.2, 0.25) is 0 Å². The van der Waals surface area contributed by atoms with Crippen molar-refractivity contribution in [1.82, 2.24) is 20.6 Å². The first-order chi connectivity index (χ1) is 12.0. The fourth-order valence-corrected chi connectivity index (χ4v) is 2.37. The zero-order valence-corrected chi connectivity index (χ0v) is 13.4. The molecule has 2 heterocycles. The summed E-state index contributed by atoms with van der Waals surface area (Å²) in [4.78, 5) is 35.3. The van der Waals surface area contributed by atoms with Crippen LogP contribution in [0, 0.1) is 0 Å². The van der Waals surface area contributed by atoms with E-state index in [9.17, 15) is 14.4 Å². The van der Waals surface area contributed by atoms with Crippen molar-refractivity contribution in [2.45, 2.75) is 19.8 Å². The van der Waals surface area contributed by atoms with Gasteiger partial charge in [0.05, 0.1) is 12.7 Å². The number of tetrazole rings is 1. The number of carbonyl (C=O) groups excluding carboxylic acids is 3. The Morgan fingerprint density at radius 2 is 1.88 bits per heavy atom. The lowest BCUT2D eigenvalue weighted by atomic mass is 10.0. The van der Waals surface area contributed by atoms with Crippen molar-refractivity contribution in [3.05, 3.63) is 64.9 Å². The Balaban J connectivity index is 1.71. The summed E-state index contributed by atoms with van der Waals surface area (Å²) in [6.07, 6.45) is 1.82. The maximum absolute atomic E-state index is 12.1. The number of carbonyl (C=O) groups is 3. The van der Waals surface area contributed by atoms with Crippen molar-refractivity contribution in [1.29, 1.82) is 0 Å². The van der Waals surface area contributed by atoms with Gasteiger partial charge in [0.2, 0.25) is 11.6 Å². The second kappa shape index (κ2) is 7.00. The van der Waals surface area contributed by atoms with Gasteiger partial charge in [0.25, 0.3) is 5.78 Å². The molecule has 0 saturated carbocycles. The monoisotopic (exact) mass is 338 g/mol. The highest BCUT2D eigenvalue weighted by Gasteiger charge is 2.23. The van der Waals surface area contributed by atoms with Crippen molar-refractivity contribution < 1.29 is 18.8 Å². The number of hydrogen-bond acceptors (Lipinski definition) is 7. The summed E-state index contributed by atoms with van der Waals surface area (Å²) in [5.41, 5.74) is 2.39. The minimum absolute atomic E-state index is 0.00104. The third-order valence-corrected chi connectivity index (χ3v) is 3.72. The van der Waals surface area contributed by atoms with Crippen molar-refractivity contribution >= 4 is 17.3 Å². The van der Waals surface area contributed by atoms with Crippen LogP contribution in [0.1, 0.15) is 44.8 Å². The number of Topliss-reactive ketones (excluding diaryl/α,β-unsaturated/α-hetero) is 3. The molecule has 0 spiro atoms. The fourth-order valence-electron chi connectivity index (χ4n) is 2.37. The number of ketones is 3. The van der Waals surface area contributed by atoms with Gasteiger partial charge >= 0.3 is 0 Å². The van der Waals surface area contributed by atoms with Gasteiger partial charge in [0, 0.05) is 12.0 Å². The summed E-state index contributed by atoms with van der Waals surface area (Å²) in [6, 6.07) is 8.95. The summed E-state index contributed by atoms with van der Waals surface area (Å²) in [5.74, 6) is -1.34. The van der Waals surface area contributed by atoms with E-state index in [2.05, 4.69) is 20.6 Å². The minimum Gasteiger partial charge on any atom is -0.469 e. The van der Waals surface area contributed by atoms with Gasteiger partial charge in [-0.1, -0.05) is 24.3 Å². The quantitative estimate of drug-likeness (QED) is 0.513. The van der Waals surface area contributed by atoms with Crippen LogP contribution in [0.5, 0.6) is 0 Å². The Bertz CT molecular complexity index is 911. The molecule has 1 N–H and O–H groups in total. The third kappa shape index (κ3) is 3.74. The predicted molar refractivity (Wildman–Crippen MR) is 85.2 cm³/mol. The molecule has 126 valence electrons. The predicted octanol–water partition coefficient (Wildman–Crippen LogP) is 1.58. The van der Waals surface area contributed by atoms with E-state index in [0.717, 1.165) is 11.1 Å². The lowest BCUT2D eigenvalue weighted by molar-refractivity contribution is -0.114. The summed E-state index contributed by atoms with van der Waals surface area (Å²) in [7, 11) is 0. The molecule has 0 aliphatic rings. The summed E-state index contributed by atoms with van der Waals surface area (Å²) in [5, 5.41) is 12.4. The number of H-pyrrole nitrogens is 1. The Labute approximate surface area is 142 Å². The molecular formula is C17H14N4O4. The number of aromatic nitrogens is 4. The van der Waals surface area contributed by atoms with Crippen molar-refractivity contribution in [2.24, 2.45) is 0 Å². The van der Waals surface area contributed by atoms with Gasteiger partial charge in [-0.25, -0.2) is 0 Å². The minimum atomic E-state index is -0.818. The largest absolute Gasteiger partial charge is 0.469 e. The molecule has 8 heteroatoms. The maximum Gasteiger partial charge on any atom is 0.269 e. The molecule has 0 aliphatic heterocycles. The molecule has 0 fully saturated rings. The van der Waals surface area contributed by atoms with Gasteiger partial charge in [-0.15, -0.1) is 10.2 Å². The van der Waals surface area contributed by atoms with E-state index in [1.165, 1.54) is 13.2 Å². The number of aromatic amines is 1. The van der Waals surface area contributed by atoms with Gasteiger partial charge < -0.3 is 4.42 Å². The topological polar surface area (TPSA) is 119 Å². The van der Waals surface area contributed by atoms with Gasteiger partial charge in [-0.3, -0.25) is 14.4 Å². The first-order valence-corrected chi connectivity index (χ1v) is 7.50. The molecule has 0 radical (unpaired) electrons. The van der Waals surface area contributed by atoms with E-state index in [4.69, 9.17) is 4.42 Å². The van der Waals surface area contributed by atoms with E-state index in [1.54, 1.807) is 18.2 Å². The Morgan fingerprint density at radius 3 is 2.52 bits per heavy atom. The molecule has 8 nitrogen and oxygen atoms in total. The molecule has 25 heavy (non-hydrogen) atoms. The van der Waals surface area contributed by atoms with Crippen LogP contribution in [0.3, 0.4) is 0 Å². The van der Waals surface area contributed by atoms with Gasteiger partial charge in [-0.05, 0) is 29.3 Å². The fraction of sp³-hybridized carbons (Fsp3) is 0.176. The Hall–Kier alpha value is -3.42. The van der Waals surface area contributed by atoms with Crippen LogP contribution in [-0.4, -0.2) is 38.0 Å². The summed E-state index contributed by atoms with van der Waals surface area (Å²) in [6.45, 7) is 1.51. The number of rotatable bonds is 7. The average molecular weight is 338 g/mol. The molecule has 3 rings (SSSR count). The first kappa shape index (κ1) is 16.4. The van der Waals surface area contributed by atoms with E-state index in [1.807, 2.05) is 12.1 Å². The number of furan rings is 1. The molecule has 2 aromatic heterocycles. The molecule has 3 aromatic rings. The van der Waals surface area contributed by atoms with E-state index >= 15 is 0 Å². The normalized spacial score (nSPS) is 10.6. The Kier molecular flexibility index (Phi) is 4.60. The van der Waals surface area contributed by atoms with Gasteiger partial charge in [0.1, 0.15) is 5.76 Å². The zero-order chi connectivity index (χ0) is 17.8. The highest BCUT2D eigenvalue weighted by Crippen LogP contribution is 2.18. The maximum atomic E-state index is 12.1. The molecule has 1 aromatic carbocycles. The second-order valence-corrected chi connectivity index (χ2v) is 5.46. The first-order valence-electron chi connectivity index (χ1n) is 7.50. The van der Waals surface area contributed by atoms with Crippen LogP contribution >= 0.6 is 0 Å². The molecule has 0 bridgehead atoms. The summed E-state index contributed by atoms with van der Waals surface area (Å²) >= 11 is 0. The van der Waals surface area contributed by atoms with Gasteiger partial charge in [0.15, 0.2) is 5.78 Å². The number of nitrogens with zero attached hydrogens (tertiary/aromatic N) is 3. The Morgan fingerprint density at radius 1 is 1.12 bits per heavy atom. The van der Waals surface area contributed by atoms with E-state index in [0.29, 0.717) is 17.7 Å². The number of hydrogen-bond donors (Lipinski definition) is 1. The highest BCUT2D eigenvalue weighted by atomic mass is 16.3. The highest BCUT2D eigenvalue weighted by molar-refractivity contribution is 6.42. The molecule has 0 unspecified atom stereocenters. The lowest BCUT2D eigenvalue weighted by Gasteiger charge is -2.03. The molecule has 0 saturated heterocycles. The van der Waals surface area contributed by atoms with E-state index < -0.39 is 11.6 Å². The van der Waals surface area contributed by atoms with Gasteiger partial charge in [-0.2, -0.15) is 5.21 Å².